The van der Waals surface area contributed by atoms with E-state index in [9.17, 15) is 18.4 Å². The van der Waals surface area contributed by atoms with Crippen LogP contribution < -0.4 is 0 Å². The summed E-state index contributed by atoms with van der Waals surface area (Å²) in [5.74, 6) is 0. The van der Waals surface area contributed by atoms with Crippen molar-refractivity contribution in [2.75, 3.05) is 0 Å². The second-order valence-corrected chi connectivity index (χ2v) is 19.8. The average molecular weight is 1010 g/mol. The highest BCUT2D eigenvalue weighted by Crippen LogP contribution is 2.46. The number of benzene rings is 10. The number of nitrogens with zero attached hydrogens (tertiary/aromatic N) is 3. The summed E-state index contributed by atoms with van der Waals surface area (Å²) in [6.07, 6.45) is -10.2. The van der Waals surface area contributed by atoms with Gasteiger partial charge in [-0.15, -0.1) is 0 Å². The highest BCUT2D eigenvalue weighted by Gasteiger charge is 2.39. The summed E-state index contributed by atoms with van der Waals surface area (Å²) in [6, 6.07) is 64.2. The first kappa shape index (κ1) is 47.8. The molecule has 12 rings (SSSR count). The molecule has 0 saturated carbocycles. The van der Waals surface area contributed by atoms with Crippen LogP contribution in [-0.2, 0) is 12.4 Å². The van der Waals surface area contributed by atoms with Gasteiger partial charge in [0.05, 0.1) is 44.6 Å². The first-order valence-electron chi connectivity index (χ1n) is 24.8. The molecule has 0 radical (unpaired) electrons. The first-order valence-corrected chi connectivity index (χ1v) is 24.8. The van der Waals surface area contributed by atoms with Crippen molar-refractivity contribution in [1.29, 1.82) is 5.26 Å². The van der Waals surface area contributed by atoms with Crippen molar-refractivity contribution < 1.29 is 26.3 Å². The molecule has 0 saturated heterocycles. The quantitative estimate of drug-likeness (QED) is 0.147. The van der Waals surface area contributed by atoms with E-state index in [1.165, 1.54) is 12.1 Å². The first-order chi connectivity index (χ1) is 36.5. The van der Waals surface area contributed by atoms with Crippen molar-refractivity contribution in [1.82, 2.24) is 9.13 Å². The third-order valence-electron chi connectivity index (χ3n) is 14.7. The summed E-state index contributed by atoms with van der Waals surface area (Å²) in [7, 11) is 0. The lowest BCUT2D eigenvalue weighted by Gasteiger charge is -2.21. The molecule has 0 bridgehead atoms. The fourth-order valence-corrected chi connectivity index (χ4v) is 10.7. The van der Waals surface area contributed by atoms with Gasteiger partial charge in [0.25, 0.3) is 0 Å². The van der Waals surface area contributed by atoms with E-state index in [1.807, 2.05) is 134 Å². The van der Waals surface area contributed by atoms with Crippen molar-refractivity contribution in [3.05, 3.63) is 239 Å². The van der Waals surface area contributed by atoms with E-state index < -0.39 is 29.0 Å². The lowest BCUT2D eigenvalue weighted by Crippen LogP contribution is -2.12. The molecule has 0 unspecified atom stereocenters. The van der Waals surface area contributed by atoms with Crippen LogP contribution in [0.5, 0.6) is 0 Å². The van der Waals surface area contributed by atoms with Crippen molar-refractivity contribution in [3.8, 4) is 73.1 Å². The summed E-state index contributed by atoms with van der Waals surface area (Å²) >= 11 is 0. The molecule has 0 aliphatic carbocycles. The Labute approximate surface area is 434 Å². The zero-order chi connectivity index (χ0) is 52.8. The van der Waals surface area contributed by atoms with Gasteiger partial charge in [-0.1, -0.05) is 150 Å². The number of alkyl halides is 6. The fourth-order valence-electron chi connectivity index (χ4n) is 10.7. The lowest BCUT2D eigenvalue weighted by atomic mass is 9.94. The van der Waals surface area contributed by atoms with Gasteiger partial charge in [0, 0.05) is 21.5 Å². The van der Waals surface area contributed by atoms with E-state index in [4.69, 9.17) is 0 Å². The van der Waals surface area contributed by atoms with Gasteiger partial charge in [0.2, 0.25) is 0 Å². The van der Waals surface area contributed by atoms with Crippen molar-refractivity contribution >= 4 is 43.6 Å². The molecule has 0 aliphatic rings. The predicted octanol–water partition coefficient (Wildman–Crippen LogP) is 19.4. The number of hydrogen-bond donors (Lipinski definition) is 0. The maximum absolute atomic E-state index is 15.4. The number of halogens is 6. The van der Waals surface area contributed by atoms with E-state index in [1.54, 1.807) is 0 Å². The predicted molar refractivity (Wildman–Crippen MR) is 296 cm³/mol. The fraction of sp³-hybridized carbons (Fsp3) is 0.0896. The molecular weight excluding hydrogens is 961 g/mol. The van der Waals surface area contributed by atoms with E-state index >= 15 is 13.2 Å². The van der Waals surface area contributed by atoms with Crippen molar-refractivity contribution in [2.45, 2.75) is 40.0 Å². The summed E-state index contributed by atoms with van der Waals surface area (Å²) in [5.41, 5.74) is 12.0. The zero-order valence-corrected chi connectivity index (χ0v) is 41.7. The van der Waals surface area contributed by atoms with Crippen LogP contribution in [0.4, 0.5) is 26.3 Å². The molecule has 0 N–H and O–H groups in total. The van der Waals surface area contributed by atoms with Crippen LogP contribution in [0.2, 0.25) is 0 Å². The molecular formula is C67H45F6N3. The Kier molecular flexibility index (Phi) is 11.4. The largest absolute Gasteiger partial charge is 0.417 e. The second kappa shape index (κ2) is 18.1. The van der Waals surface area contributed by atoms with Gasteiger partial charge in [-0.3, -0.25) is 0 Å². The maximum Gasteiger partial charge on any atom is 0.417 e. The summed E-state index contributed by atoms with van der Waals surface area (Å²) in [5, 5.41) is 15.0. The second-order valence-electron chi connectivity index (χ2n) is 19.8. The summed E-state index contributed by atoms with van der Waals surface area (Å²) < 4.78 is 92.9. The molecule has 12 aromatic rings. The smallest absolute Gasteiger partial charge is 0.308 e. The van der Waals surface area contributed by atoms with Gasteiger partial charge in [-0.05, 0) is 156 Å². The molecule has 0 aliphatic heterocycles. The molecule has 2 heterocycles. The Morgan fingerprint density at radius 3 is 0.908 bits per heavy atom. The Bertz CT molecular complexity index is 3880. The molecule has 9 heteroatoms. The molecule has 76 heavy (non-hydrogen) atoms. The number of aryl methyl sites for hydroxylation is 4. The average Bonchev–Trinajstić information content (AvgIpc) is 3.96. The molecule has 0 amide bonds. The van der Waals surface area contributed by atoms with Gasteiger partial charge in [-0.25, -0.2) is 0 Å². The van der Waals surface area contributed by atoms with Crippen LogP contribution in [0.3, 0.4) is 0 Å². The number of aromatic nitrogens is 2. The monoisotopic (exact) mass is 1010 g/mol. The topological polar surface area (TPSA) is 33.6 Å². The SMILES string of the molecule is Cc1ccc(-c2ccc3c(c2)c2cc(-c4ccc(C)cc4)ccc2n3-c2cc(-c3ccc(C(F)(F)F)cc3C(F)(F)F)cc(-n3c4ccc(-c5ccc(C)cc5)cc4c4cc(-c5ccc(C)cc5)ccc43)c2C#N)cc1. The zero-order valence-electron chi connectivity index (χ0n) is 41.7. The molecule has 0 atom stereocenters. The number of fused-ring (bicyclic) bond motifs is 6. The van der Waals surface area contributed by atoms with E-state index in [-0.39, 0.29) is 28.6 Å². The molecule has 0 fully saturated rings. The lowest BCUT2D eigenvalue weighted by molar-refractivity contribution is -0.142. The van der Waals surface area contributed by atoms with E-state index in [0.29, 0.717) is 28.1 Å². The minimum atomic E-state index is -5.19. The minimum absolute atomic E-state index is 0.0323. The third-order valence-corrected chi connectivity index (χ3v) is 14.7. The highest BCUT2D eigenvalue weighted by atomic mass is 19.4. The Morgan fingerprint density at radius 1 is 0.329 bits per heavy atom. The van der Waals surface area contributed by atoms with Gasteiger partial charge in [0.15, 0.2) is 0 Å². The van der Waals surface area contributed by atoms with Crippen LogP contribution in [-0.4, -0.2) is 9.13 Å². The van der Waals surface area contributed by atoms with Gasteiger partial charge in [0.1, 0.15) is 11.6 Å². The number of rotatable bonds is 7. The standard InChI is InChI=1S/C67H45F6N3/c1-39-5-13-43(14-6-39)47-21-27-60-54(31-47)55-32-48(44-15-7-40(2)8-16-44)22-28-61(55)75(60)64-35-51(53-26-25-52(66(68,69)70)37-59(53)67(71,72)73)36-65(58(64)38-74)76-62-29-23-49(45-17-9-41(3)10-18-45)33-56(62)57-34-50(24-30-63(57)76)46-19-11-42(4)12-20-46/h5-37H,1-4H3. The highest BCUT2D eigenvalue weighted by molar-refractivity contribution is 6.14. The normalized spacial score (nSPS) is 12.1. The summed E-state index contributed by atoms with van der Waals surface area (Å²) in [4.78, 5) is 0. The van der Waals surface area contributed by atoms with Gasteiger partial charge < -0.3 is 9.13 Å². The Hall–Kier alpha value is -9.13. The van der Waals surface area contributed by atoms with Crippen LogP contribution in [0.1, 0.15) is 38.9 Å². The minimum Gasteiger partial charge on any atom is -0.308 e. The molecule has 3 nitrogen and oxygen atoms in total. The molecule has 0 spiro atoms. The Morgan fingerprint density at radius 2 is 0.632 bits per heavy atom. The van der Waals surface area contributed by atoms with Crippen LogP contribution in [0, 0.1) is 39.0 Å². The maximum atomic E-state index is 15.4. The van der Waals surface area contributed by atoms with Crippen LogP contribution in [0.15, 0.2) is 200 Å². The number of hydrogen-bond acceptors (Lipinski definition) is 1. The third kappa shape index (κ3) is 8.36. The van der Waals surface area contributed by atoms with Crippen molar-refractivity contribution in [3.63, 3.8) is 0 Å². The van der Waals surface area contributed by atoms with E-state index in [0.717, 1.165) is 94.4 Å². The summed E-state index contributed by atoms with van der Waals surface area (Å²) in [6.45, 7) is 8.09. The molecule has 2 aromatic heterocycles. The van der Waals surface area contributed by atoms with Gasteiger partial charge in [-0.2, -0.15) is 31.6 Å². The Balaban J connectivity index is 1.20. The van der Waals surface area contributed by atoms with E-state index in [2.05, 4.69) is 78.9 Å². The molecule has 10 aromatic carbocycles. The van der Waals surface area contributed by atoms with Crippen LogP contribution >= 0.6 is 0 Å². The molecule has 370 valence electrons. The van der Waals surface area contributed by atoms with Crippen LogP contribution in [0.25, 0.3) is 111 Å². The number of nitriles is 1. The van der Waals surface area contributed by atoms with Gasteiger partial charge >= 0.3 is 12.4 Å². The van der Waals surface area contributed by atoms with Crippen molar-refractivity contribution in [2.24, 2.45) is 0 Å².